The number of carbonyl (C=O) groups is 2. The van der Waals surface area contributed by atoms with Crippen LogP contribution in [0.1, 0.15) is 25.7 Å². The summed E-state index contributed by atoms with van der Waals surface area (Å²) in [6.07, 6.45) is 3.38. The van der Waals surface area contributed by atoms with Crippen molar-refractivity contribution < 1.29 is 9.59 Å². The van der Waals surface area contributed by atoms with Gasteiger partial charge in [0.25, 0.3) is 0 Å². The molecule has 0 heterocycles. The Hall–Kier alpha value is -1.10. The van der Waals surface area contributed by atoms with E-state index in [2.05, 4.69) is 10.6 Å². The number of nitrogens with one attached hydrogen (secondary N) is 2. The van der Waals surface area contributed by atoms with Gasteiger partial charge in [0.1, 0.15) is 0 Å². The number of carbonyl (C=O) groups excluding carboxylic acids is 2. The minimum atomic E-state index is -0.0536. The topological polar surface area (TPSA) is 84.2 Å². The summed E-state index contributed by atoms with van der Waals surface area (Å²) in [5.74, 6) is 0.369. The van der Waals surface area contributed by atoms with Crippen LogP contribution >= 0.6 is 0 Å². The number of amides is 2. The summed E-state index contributed by atoms with van der Waals surface area (Å²) in [4.78, 5) is 22.7. The summed E-state index contributed by atoms with van der Waals surface area (Å²) >= 11 is 0. The molecule has 2 atom stereocenters. The van der Waals surface area contributed by atoms with Gasteiger partial charge in [-0.1, -0.05) is 6.42 Å². The molecule has 0 saturated heterocycles. The fourth-order valence-electron chi connectivity index (χ4n) is 2.22. The Kier molecular flexibility index (Phi) is 5.25. The lowest BCUT2D eigenvalue weighted by Crippen LogP contribution is -2.36. The number of hydrogen-bond donors (Lipinski definition) is 3. The van der Waals surface area contributed by atoms with Gasteiger partial charge in [0.05, 0.1) is 0 Å². The Morgan fingerprint density at radius 1 is 1.38 bits per heavy atom. The Morgan fingerprint density at radius 3 is 2.75 bits per heavy atom. The smallest absolute Gasteiger partial charge is 0.223 e. The number of hydrogen-bond acceptors (Lipinski definition) is 3. The molecule has 0 aromatic carbocycles. The molecule has 16 heavy (non-hydrogen) atoms. The van der Waals surface area contributed by atoms with Gasteiger partial charge in [-0.25, -0.2) is 0 Å². The average molecular weight is 227 g/mol. The highest BCUT2D eigenvalue weighted by Gasteiger charge is 2.31. The standard InChI is InChI=1S/C11H21N3O2/c1-13-10(15)5-6-14-11(16)9-4-2-3-8(9)7-12/h8-9H,2-7,12H2,1H3,(H,13,15)(H,14,16)/t8-,9-/m1/s1. The van der Waals surface area contributed by atoms with E-state index in [1.165, 1.54) is 0 Å². The second kappa shape index (κ2) is 6.48. The second-order valence-corrected chi connectivity index (χ2v) is 4.25. The highest BCUT2D eigenvalue weighted by Crippen LogP contribution is 2.30. The molecule has 0 aromatic heterocycles. The fraction of sp³-hybridized carbons (Fsp3) is 0.818. The predicted molar refractivity (Wildman–Crippen MR) is 61.6 cm³/mol. The van der Waals surface area contributed by atoms with Crippen LogP contribution in [0.2, 0.25) is 0 Å². The summed E-state index contributed by atoms with van der Waals surface area (Å²) in [6.45, 7) is 0.986. The third kappa shape index (κ3) is 3.48. The first-order valence-corrected chi connectivity index (χ1v) is 5.87. The van der Waals surface area contributed by atoms with Crippen molar-refractivity contribution in [2.24, 2.45) is 17.6 Å². The molecular weight excluding hydrogens is 206 g/mol. The zero-order valence-electron chi connectivity index (χ0n) is 9.79. The lowest BCUT2D eigenvalue weighted by molar-refractivity contribution is -0.126. The molecule has 0 spiro atoms. The molecule has 0 aromatic rings. The van der Waals surface area contributed by atoms with Crippen molar-refractivity contribution in [1.29, 1.82) is 0 Å². The maximum Gasteiger partial charge on any atom is 0.223 e. The number of nitrogens with two attached hydrogens (primary N) is 1. The third-order valence-corrected chi connectivity index (χ3v) is 3.23. The van der Waals surface area contributed by atoms with Gasteiger partial charge in [-0.3, -0.25) is 9.59 Å². The fourth-order valence-corrected chi connectivity index (χ4v) is 2.22. The summed E-state index contributed by atoms with van der Waals surface area (Å²) in [5, 5.41) is 5.32. The van der Waals surface area contributed by atoms with Crippen LogP contribution in [0.5, 0.6) is 0 Å². The van der Waals surface area contributed by atoms with Crippen molar-refractivity contribution in [2.45, 2.75) is 25.7 Å². The minimum absolute atomic E-state index is 0.0506. The van der Waals surface area contributed by atoms with Gasteiger partial charge >= 0.3 is 0 Å². The molecule has 1 aliphatic rings. The normalized spacial score (nSPS) is 24.1. The Bertz CT molecular complexity index is 256. The minimum Gasteiger partial charge on any atom is -0.359 e. The Balaban J connectivity index is 2.26. The Labute approximate surface area is 96.1 Å². The zero-order chi connectivity index (χ0) is 12.0. The monoisotopic (exact) mass is 227 g/mol. The molecule has 0 bridgehead atoms. The largest absolute Gasteiger partial charge is 0.359 e. The summed E-state index contributed by atoms with van der Waals surface area (Å²) in [7, 11) is 1.59. The van der Waals surface area contributed by atoms with Crippen LogP contribution < -0.4 is 16.4 Å². The maximum absolute atomic E-state index is 11.8. The van der Waals surface area contributed by atoms with Crippen molar-refractivity contribution in [3.63, 3.8) is 0 Å². The second-order valence-electron chi connectivity index (χ2n) is 4.25. The summed E-state index contributed by atoms with van der Waals surface area (Å²) < 4.78 is 0. The molecule has 4 N–H and O–H groups in total. The molecule has 1 fully saturated rings. The zero-order valence-corrected chi connectivity index (χ0v) is 9.79. The van der Waals surface area contributed by atoms with Gasteiger partial charge in [-0.2, -0.15) is 0 Å². The van der Waals surface area contributed by atoms with Gasteiger partial charge in [0, 0.05) is 25.9 Å². The van der Waals surface area contributed by atoms with Crippen LogP contribution in [0, 0.1) is 11.8 Å². The molecule has 5 nitrogen and oxygen atoms in total. The van der Waals surface area contributed by atoms with Crippen LogP contribution in [0.3, 0.4) is 0 Å². The molecule has 1 rings (SSSR count). The van der Waals surface area contributed by atoms with Crippen LogP contribution in [-0.4, -0.2) is 32.0 Å². The van der Waals surface area contributed by atoms with Gasteiger partial charge in [-0.15, -0.1) is 0 Å². The lowest BCUT2D eigenvalue weighted by atomic mass is 9.95. The molecule has 0 radical (unpaired) electrons. The van der Waals surface area contributed by atoms with E-state index < -0.39 is 0 Å². The SMILES string of the molecule is CNC(=O)CCNC(=O)[C@@H]1CCC[C@@H]1CN. The van der Waals surface area contributed by atoms with Crippen molar-refractivity contribution in [2.75, 3.05) is 20.1 Å². The van der Waals surface area contributed by atoms with E-state index >= 15 is 0 Å². The van der Waals surface area contributed by atoms with E-state index in [4.69, 9.17) is 5.73 Å². The summed E-state index contributed by atoms with van der Waals surface area (Å²) in [5.41, 5.74) is 5.62. The van der Waals surface area contributed by atoms with E-state index in [1.807, 2.05) is 0 Å². The molecule has 92 valence electrons. The lowest BCUT2D eigenvalue weighted by Gasteiger charge is -2.17. The van der Waals surface area contributed by atoms with Crippen molar-refractivity contribution in [1.82, 2.24) is 10.6 Å². The van der Waals surface area contributed by atoms with Crippen molar-refractivity contribution >= 4 is 11.8 Å². The highest BCUT2D eigenvalue weighted by molar-refractivity contribution is 5.80. The predicted octanol–water partition coefficient (Wildman–Crippen LogP) is -0.386. The molecule has 5 heteroatoms. The van der Waals surface area contributed by atoms with Crippen LogP contribution in [0.15, 0.2) is 0 Å². The van der Waals surface area contributed by atoms with E-state index in [0.29, 0.717) is 25.4 Å². The molecule has 0 unspecified atom stereocenters. The molecule has 2 amide bonds. The van der Waals surface area contributed by atoms with Gasteiger partial charge in [-0.05, 0) is 25.3 Å². The first kappa shape index (κ1) is 13.0. The van der Waals surface area contributed by atoms with Gasteiger partial charge in [0.2, 0.25) is 11.8 Å². The van der Waals surface area contributed by atoms with E-state index in [0.717, 1.165) is 19.3 Å². The van der Waals surface area contributed by atoms with E-state index in [-0.39, 0.29) is 17.7 Å². The molecule has 0 aliphatic heterocycles. The van der Waals surface area contributed by atoms with Crippen molar-refractivity contribution in [3.05, 3.63) is 0 Å². The van der Waals surface area contributed by atoms with E-state index in [1.54, 1.807) is 7.05 Å². The van der Waals surface area contributed by atoms with E-state index in [9.17, 15) is 9.59 Å². The first-order valence-electron chi connectivity index (χ1n) is 5.87. The van der Waals surface area contributed by atoms with Crippen LogP contribution in [-0.2, 0) is 9.59 Å². The Morgan fingerprint density at radius 2 is 2.12 bits per heavy atom. The average Bonchev–Trinajstić information content (AvgIpc) is 2.76. The maximum atomic E-state index is 11.8. The molecular formula is C11H21N3O2. The van der Waals surface area contributed by atoms with Crippen LogP contribution in [0.4, 0.5) is 0 Å². The van der Waals surface area contributed by atoms with Gasteiger partial charge < -0.3 is 16.4 Å². The first-order chi connectivity index (χ1) is 7.69. The molecule has 1 saturated carbocycles. The van der Waals surface area contributed by atoms with Crippen LogP contribution in [0.25, 0.3) is 0 Å². The molecule has 1 aliphatic carbocycles. The van der Waals surface area contributed by atoms with Crippen molar-refractivity contribution in [3.8, 4) is 0 Å². The number of rotatable bonds is 5. The highest BCUT2D eigenvalue weighted by atomic mass is 16.2. The van der Waals surface area contributed by atoms with Gasteiger partial charge in [0.15, 0.2) is 0 Å². The third-order valence-electron chi connectivity index (χ3n) is 3.23. The quantitative estimate of drug-likeness (QED) is 0.598. The summed E-state index contributed by atoms with van der Waals surface area (Å²) in [6, 6.07) is 0.